The molecule has 0 aliphatic rings. The normalized spacial score (nSPS) is 11.1. The summed E-state index contributed by atoms with van der Waals surface area (Å²) in [5.74, 6) is 0. The SMILES string of the molecule is NCCOCCOCCOC(F)F. The molecule has 0 saturated heterocycles. The predicted molar refractivity (Wildman–Crippen MR) is 42.6 cm³/mol. The lowest BCUT2D eigenvalue weighted by atomic mass is 10.7. The highest BCUT2D eigenvalue weighted by molar-refractivity contribution is 4.33. The second kappa shape index (κ2) is 9.79. The van der Waals surface area contributed by atoms with Gasteiger partial charge in [-0.05, 0) is 0 Å². The molecule has 6 heteroatoms. The standard InChI is InChI=1S/C7H15F2NO3/c8-7(9)13-6-5-12-4-3-11-2-1-10/h7H,1-6,10H2. The molecule has 0 aromatic carbocycles. The Morgan fingerprint density at radius 1 is 0.923 bits per heavy atom. The molecular formula is C7H15F2NO3. The van der Waals surface area contributed by atoms with Gasteiger partial charge in [0.05, 0.1) is 33.0 Å². The van der Waals surface area contributed by atoms with Gasteiger partial charge in [0.15, 0.2) is 0 Å². The molecule has 0 rings (SSSR count). The highest BCUT2D eigenvalue weighted by Crippen LogP contribution is 1.93. The minimum Gasteiger partial charge on any atom is -0.378 e. The van der Waals surface area contributed by atoms with Crippen molar-refractivity contribution in [1.29, 1.82) is 0 Å². The van der Waals surface area contributed by atoms with Crippen molar-refractivity contribution in [3.05, 3.63) is 0 Å². The Hall–Kier alpha value is -0.300. The smallest absolute Gasteiger partial charge is 0.345 e. The molecule has 0 heterocycles. The van der Waals surface area contributed by atoms with Crippen molar-refractivity contribution in [1.82, 2.24) is 0 Å². The van der Waals surface area contributed by atoms with Crippen molar-refractivity contribution in [2.75, 3.05) is 39.6 Å². The van der Waals surface area contributed by atoms with Gasteiger partial charge in [0, 0.05) is 6.54 Å². The first-order chi connectivity index (χ1) is 6.27. The molecule has 0 aliphatic heterocycles. The van der Waals surface area contributed by atoms with Crippen molar-refractivity contribution >= 4 is 0 Å². The molecule has 0 bridgehead atoms. The fourth-order valence-corrected chi connectivity index (χ4v) is 0.601. The maximum atomic E-state index is 11.4. The summed E-state index contributed by atoms with van der Waals surface area (Å²) >= 11 is 0. The third kappa shape index (κ3) is 11.7. The first kappa shape index (κ1) is 12.7. The van der Waals surface area contributed by atoms with Crippen molar-refractivity contribution in [3.63, 3.8) is 0 Å². The number of hydrogen-bond acceptors (Lipinski definition) is 4. The number of ether oxygens (including phenoxy) is 3. The largest absolute Gasteiger partial charge is 0.378 e. The average molecular weight is 199 g/mol. The summed E-state index contributed by atoms with van der Waals surface area (Å²) in [5.41, 5.74) is 5.16. The van der Waals surface area contributed by atoms with Crippen LogP contribution in [0.3, 0.4) is 0 Å². The zero-order valence-corrected chi connectivity index (χ0v) is 7.38. The maximum absolute atomic E-state index is 11.4. The lowest BCUT2D eigenvalue weighted by molar-refractivity contribution is -0.140. The van der Waals surface area contributed by atoms with Gasteiger partial charge in [0.2, 0.25) is 0 Å². The van der Waals surface area contributed by atoms with Crippen LogP contribution in [-0.4, -0.2) is 46.2 Å². The Bertz CT molecular complexity index is 106. The summed E-state index contributed by atoms with van der Waals surface area (Å²) in [6, 6.07) is 0. The van der Waals surface area contributed by atoms with Crippen LogP contribution in [0.15, 0.2) is 0 Å². The van der Waals surface area contributed by atoms with Crippen LogP contribution >= 0.6 is 0 Å². The molecule has 0 aromatic rings. The van der Waals surface area contributed by atoms with Gasteiger partial charge in [0.1, 0.15) is 0 Å². The summed E-state index contributed by atoms with van der Waals surface area (Å²) in [5, 5.41) is 0. The highest BCUT2D eigenvalue weighted by Gasteiger charge is 1.99. The fourth-order valence-electron chi connectivity index (χ4n) is 0.601. The Labute approximate surface area is 75.9 Å². The molecule has 0 radical (unpaired) electrons. The number of rotatable bonds is 9. The van der Waals surface area contributed by atoms with Crippen LogP contribution in [0.25, 0.3) is 0 Å². The van der Waals surface area contributed by atoms with Gasteiger partial charge >= 0.3 is 6.61 Å². The van der Waals surface area contributed by atoms with Gasteiger partial charge in [-0.3, -0.25) is 0 Å². The zero-order valence-electron chi connectivity index (χ0n) is 7.38. The molecule has 0 aromatic heterocycles. The Balaban J connectivity index is 2.84. The Morgan fingerprint density at radius 2 is 1.46 bits per heavy atom. The maximum Gasteiger partial charge on any atom is 0.345 e. The Morgan fingerprint density at radius 3 is 2.00 bits per heavy atom. The summed E-state index contributed by atoms with van der Waals surface area (Å²) in [6.07, 6.45) is 0. The van der Waals surface area contributed by atoms with E-state index >= 15 is 0 Å². The molecule has 0 atom stereocenters. The zero-order chi connectivity index (χ0) is 9.94. The lowest BCUT2D eigenvalue weighted by Gasteiger charge is -2.05. The van der Waals surface area contributed by atoms with Crippen LogP contribution in [-0.2, 0) is 14.2 Å². The van der Waals surface area contributed by atoms with Crippen LogP contribution < -0.4 is 5.73 Å². The molecule has 0 aliphatic carbocycles. The number of alkyl halides is 2. The summed E-state index contributed by atoms with van der Waals surface area (Å²) < 4.78 is 36.6. The van der Waals surface area contributed by atoms with Crippen molar-refractivity contribution in [3.8, 4) is 0 Å². The van der Waals surface area contributed by atoms with Gasteiger partial charge in [0.25, 0.3) is 0 Å². The van der Waals surface area contributed by atoms with E-state index in [1.807, 2.05) is 0 Å². The van der Waals surface area contributed by atoms with Crippen molar-refractivity contribution in [2.45, 2.75) is 6.61 Å². The molecule has 0 spiro atoms. The molecule has 0 unspecified atom stereocenters. The molecule has 4 nitrogen and oxygen atoms in total. The van der Waals surface area contributed by atoms with Gasteiger partial charge in [-0.15, -0.1) is 0 Å². The van der Waals surface area contributed by atoms with E-state index in [1.165, 1.54) is 0 Å². The molecular weight excluding hydrogens is 184 g/mol. The monoisotopic (exact) mass is 199 g/mol. The van der Waals surface area contributed by atoms with E-state index in [9.17, 15) is 8.78 Å². The van der Waals surface area contributed by atoms with E-state index in [0.717, 1.165) is 0 Å². The number of halogens is 2. The van der Waals surface area contributed by atoms with Crippen molar-refractivity contribution in [2.24, 2.45) is 5.73 Å². The molecule has 0 fully saturated rings. The summed E-state index contributed by atoms with van der Waals surface area (Å²) in [7, 11) is 0. The van der Waals surface area contributed by atoms with Gasteiger partial charge < -0.3 is 19.9 Å². The lowest BCUT2D eigenvalue weighted by Crippen LogP contribution is -2.14. The first-order valence-electron chi connectivity index (χ1n) is 4.02. The van der Waals surface area contributed by atoms with E-state index < -0.39 is 6.61 Å². The topological polar surface area (TPSA) is 53.7 Å². The van der Waals surface area contributed by atoms with E-state index in [2.05, 4.69) is 4.74 Å². The minimum absolute atomic E-state index is 0.103. The van der Waals surface area contributed by atoms with Crippen LogP contribution in [0.4, 0.5) is 8.78 Å². The molecule has 13 heavy (non-hydrogen) atoms. The fraction of sp³-hybridized carbons (Fsp3) is 1.00. The van der Waals surface area contributed by atoms with E-state index in [0.29, 0.717) is 26.4 Å². The number of nitrogens with two attached hydrogens (primary N) is 1. The van der Waals surface area contributed by atoms with Crippen LogP contribution in [0.5, 0.6) is 0 Å². The molecule has 2 N–H and O–H groups in total. The van der Waals surface area contributed by atoms with Crippen LogP contribution in [0, 0.1) is 0 Å². The minimum atomic E-state index is -2.72. The third-order valence-corrected chi connectivity index (χ3v) is 1.11. The molecule has 0 amide bonds. The van der Waals surface area contributed by atoms with E-state index in [1.54, 1.807) is 0 Å². The average Bonchev–Trinajstić information content (AvgIpc) is 2.09. The second-order valence-electron chi connectivity index (χ2n) is 2.14. The number of hydrogen-bond donors (Lipinski definition) is 1. The van der Waals surface area contributed by atoms with Gasteiger partial charge in [-0.25, -0.2) is 0 Å². The molecule has 0 saturated carbocycles. The summed E-state index contributed by atoms with van der Waals surface area (Å²) in [4.78, 5) is 0. The van der Waals surface area contributed by atoms with Crippen LogP contribution in [0.1, 0.15) is 0 Å². The Kier molecular flexibility index (Phi) is 9.56. The second-order valence-corrected chi connectivity index (χ2v) is 2.14. The molecule has 80 valence electrons. The highest BCUT2D eigenvalue weighted by atomic mass is 19.3. The quantitative estimate of drug-likeness (QED) is 0.540. The van der Waals surface area contributed by atoms with Gasteiger partial charge in [-0.2, -0.15) is 8.78 Å². The van der Waals surface area contributed by atoms with E-state index in [-0.39, 0.29) is 13.2 Å². The first-order valence-corrected chi connectivity index (χ1v) is 4.02. The summed E-state index contributed by atoms with van der Waals surface area (Å²) in [6.45, 7) is -0.938. The van der Waals surface area contributed by atoms with E-state index in [4.69, 9.17) is 15.2 Å². The third-order valence-electron chi connectivity index (χ3n) is 1.11. The van der Waals surface area contributed by atoms with Crippen molar-refractivity contribution < 1.29 is 23.0 Å². The van der Waals surface area contributed by atoms with Crippen LogP contribution in [0.2, 0.25) is 0 Å². The predicted octanol–water partition coefficient (Wildman–Crippen LogP) is 0.218. The van der Waals surface area contributed by atoms with Gasteiger partial charge in [-0.1, -0.05) is 0 Å².